The number of nitrogens with two attached hydrogens (primary N) is 1. The van der Waals surface area contributed by atoms with Crippen LogP contribution in [0.5, 0.6) is 0 Å². The number of benzene rings is 1. The number of hydrogen-bond acceptors (Lipinski definition) is 3. The molecule has 2 N–H and O–H groups in total. The molecule has 0 aliphatic rings. The van der Waals surface area contributed by atoms with E-state index in [0.717, 1.165) is 21.3 Å². The number of nitrogen functional groups attached to an aromatic ring is 1. The number of imidazole rings is 1. The maximum absolute atomic E-state index is 6.10. The van der Waals surface area contributed by atoms with Gasteiger partial charge in [0.05, 0.1) is 5.69 Å². The van der Waals surface area contributed by atoms with E-state index in [-0.39, 0.29) is 0 Å². The highest BCUT2D eigenvalue weighted by atomic mass is 79.9. The SMILES string of the molecule is CC(C)c1ccccc1-n1c(N)nc2cc(Br)cnc21. The summed E-state index contributed by atoms with van der Waals surface area (Å²) in [4.78, 5) is 8.85. The van der Waals surface area contributed by atoms with Gasteiger partial charge >= 0.3 is 0 Å². The zero-order valence-corrected chi connectivity index (χ0v) is 12.9. The summed E-state index contributed by atoms with van der Waals surface area (Å²) < 4.78 is 2.81. The van der Waals surface area contributed by atoms with E-state index < -0.39 is 0 Å². The van der Waals surface area contributed by atoms with Crippen LogP contribution in [0, 0.1) is 0 Å². The zero-order valence-electron chi connectivity index (χ0n) is 11.3. The van der Waals surface area contributed by atoms with Crippen LogP contribution in [0.25, 0.3) is 16.9 Å². The molecule has 102 valence electrons. The fourth-order valence-corrected chi connectivity index (χ4v) is 2.69. The van der Waals surface area contributed by atoms with Gasteiger partial charge in [-0.15, -0.1) is 0 Å². The molecular formula is C15H15BrN4. The van der Waals surface area contributed by atoms with Gasteiger partial charge in [-0.3, -0.25) is 4.57 Å². The molecule has 0 atom stereocenters. The lowest BCUT2D eigenvalue weighted by Gasteiger charge is -2.14. The van der Waals surface area contributed by atoms with Crippen LogP contribution in [0.2, 0.25) is 0 Å². The second-order valence-electron chi connectivity index (χ2n) is 5.02. The summed E-state index contributed by atoms with van der Waals surface area (Å²) >= 11 is 3.41. The Balaban J connectivity index is 2.33. The molecule has 2 aromatic heterocycles. The number of aromatic nitrogens is 3. The van der Waals surface area contributed by atoms with E-state index in [9.17, 15) is 0 Å². The number of pyridine rings is 1. The molecule has 4 nitrogen and oxygen atoms in total. The van der Waals surface area contributed by atoms with Crippen LogP contribution in [0.3, 0.4) is 0 Å². The van der Waals surface area contributed by atoms with Gasteiger partial charge in [-0.2, -0.15) is 0 Å². The van der Waals surface area contributed by atoms with Crippen LogP contribution in [0.15, 0.2) is 41.0 Å². The molecule has 0 aliphatic heterocycles. The predicted molar refractivity (Wildman–Crippen MR) is 85.1 cm³/mol. The first-order valence-electron chi connectivity index (χ1n) is 6.46. The molecule has 0 radical (unpaired) electrons. The molecule has 0 aliphatic carbocycles. The Morgan fingerprint density at radius 2 is 2.00 bits per heavy atom. The maximum Gasteiger partial charge on any atom is 0.207 e. The Morgan fingerprint density at radius 3 is 2.75 bits per heavy atom. The highest BCUT2D eigenvalue weighted by molar-refractivity contribution is 9.10. The van der Waals surface area contributed by atoms with Crippen molar-refractivity contribution in [2.45, 2.75) is 19.8 Å². The highest BCUT2D eigenvalue weighted by Crippen LogP contribution is 2.28. The lowest BCUT2D eigenvalue weighted by Crippen LogP contribution is -2.05. The van der Waals surface area contributed by atoms with Crippen LogP contribution >= 0.6 is 15.9 Å². The van der Waals surface area contributed by atoms with Crippen molar-refractivity contribution in [2.75, 3.05) is 5.73 Å². The fraction of sp³-hybridized carbons (Fsp3) is 0.200. The highest BCUT2D eigenvalue weighted by Gasteiger charge is 2.15. The molecule has 1 aromatic carbocycles. The molecular weight excluding hydrogens is 316 g/mol. The normalized spacial score (nSPS) is 11.4. The van der Waals surface area contributed by atoms with E-state index in [1.165, 1.54) is 5.56 Å². The largest absolute Gasteiger partial charge is 0.369 e. The predicted octanol–water partition coefficient (Wildman–Crippen LogP) is 3.89. The first-order valence-corrected chi connectivity index (χ1v) is 7.26. The topological polar surface area (TPSA) is 56.7 Å². The molecule has 5 heteroatoms. The van der Waals surface area contributed by atoms with E-state index in [4.69, 9.17) is 5.73 Å². The van der Waals surface area contributed by atoms with Crippen molar-refractivity contribution in [1.29, 1.82) is 0 Å². The third-order valence-corrected chi connectivity index (χ3v) is 3.72. The average molecular weight is 331 g/mol. The standard InChI is InChI=1S/C15H15BrN4/c1-9(2)11-5-3-4-6-13(11)20-14-12(19-15(20)17)7-10(16)8-18-14/h3-9H,1-2H3,(H2,17,19). The molecule has 0 bridgehead atoms. The third-order valence-electron chi connectivity index (χ3n) is 3.29. The molecule has 0 fully saturated rings. The quantitative estimate of drug-likeness (QED) is 0.775. The minimum Gasteiger partial charge on any atom is -0.369 e. The number of rotatable bonds is 2. The minimum atomic E-state index is 0.401. The average Bonchev–Trinajstić information content (AvgIpc) is 2.73. The summed E-state index contributed by atoms with van der Waals surface area (Å²) in [7, 11) is 0. The van der Waals surface area contributed by atoms with Crippen LogP contribution in [-0.2, 0) is 0 Å². The number of nitrogens with zero attached hydrogens (tertiary/aromatic N) is 3. The second-order valence-corrected chi connectivity index (χ2v) is 5.93. The van der Waals surface area contributed by atoms with Gasteiger partial charge in [-0.05, 0) is 39.5 Å². The van der Waals surface area contributed by atoms with Crippen molar-refractivity contribution in [3.05, 3.63) is 46.6 Å². The summed E-state index contributed by atoms with van der Waals surface area (Å²) in [6, 6.07) is 10.1. The lowest BCUT2D eigenvalue weighted by atomic mass is 10.0. The zero-order chi connectivity index (χ0) is 14.3. The number of anilines is 1. The number of hydrogen-bond donors (Lipinski definition) is 1. The number of para-hydroxylation sites is 1. The second kappa shape index (κ2) is 4.90. The summed E-state index contributed by atoms with van der Waals surface area (Å²) in [5.41, 5.74) is 9.93. The molecule has 0 saturated heterocycles. The Hall–Kier alpha value is -1.88. The molecule has 0 spiro atoms. The minimum absolute atomic E-state index is 0.401. The third kappa shape index (κ3) is 2.08. The maximum atomic E-state index is 6.10. The summed E-state index contributed by atoms with van der Waals surface area (Å²) in [6.45, 7) is 4.33. The van der Waals surface area contributed by atoms with E-state index in [2.05, 4.69) is 51.9 Å². The first-order chi connectivity index (χ1) is 9.58. The molecule has 0 saturated carbocycles. The molecule has 3 rings (SSSR count). The van der Waals surface area contributed by atoms with Gasteiger partial charge in [0.1, 0.15) is 5.52 Å². The van der Waals surface area contributed by atoms with Crippen molar-refractivity contribution in [3.8, 4) is 5.69 Å². The van der Waals surface area contributed by atoms with Gasteiger partial charge < -0.3 is 5.73 Å². The summed E-state index contributed by atoms with van der Waals surface area (Å²) in [5, 5.41) is 0. The smallest absolute Gasteiger partial charge is 0.207 e. The molecule has 20 heavy (non-hydrogen) atoms. The van der Waals surface area contributed by atoms with Gasteiger partial charge in [0.2, 0.25) is 5.95 Å². The van der Waals surface area contributed by atoms with Crippen LogP contribution in [0.1, 0.15) is 25.3 Å². The lowest BCUT2D eigenvalue weighted by molar-refractivity contribution is 0.850. The molecule has 0 amide bonds. The molecule has 0 unspecified atom stereocenters. The Kier molecular flexibility index (Phi) is 3.22. The van der Waals surface area contributed by atoms with Crippen LogP contribution in [0.4, 0.5) is 5.95 Å². The van der Waals surface area contributed by atoms with Gasteiger partial charge in [0.15, 0.2) is 5.65 Å². The van der Waals surface area contributed by atoms with Crippen molar-refractivity contribution in [3.63, 3.8) is 0 Å². The first kappa shape index (κ1) is 13.1. The van der Waals surface area contributed by atoms with Crippen molar-refractivity contribution in [1.82, 2.24) is 14.5 Å². The van der Waals surface area contributed by atoms with E-state index in [1.54, 1.807) is 6.20 Å². The van der Waals surface area contributed by atoms with Crippen LogP contribution < -0.4 is 5.73 Å². The fourth-order valence-electron chi connectivity index (χ4n) is 2.37. The Morgan fingerprint density at radius 1 is 1.25 bits per heavy atom. The van der Waals surface area contributed by atoms with Crippen molar-refractivity contribution in [2.24, 2.45) is 0 Å². The van der Waals surface area contributed by atoms with Gasteiger partial charge in [0.25, 0.3) is 0 Å². The summed E-state index contributed by atoms with van der Waals surface area (Å²) in [5.74, 6) is 0.859. The monoisotopic (exact) mass is 330 g/mol. The van der Waals surface area contributed by atoms with Gasteiger partial charge in [-0.1, -0.05) is 32.0 Å². The van der Waals surface area contributed by atoms with Crippen molar-refractivity contribution < 1.29 is 0 Å². The Labute approximate surface area is 125 Å². The molecule has 2 heterocycles. The molecule has 3 aromatic rings. The number of fused-ring (bicyclic) bond motifs is 1. The van der Waals surface area contributed by atoms with Gasteiger partial charge in [-0.25, -0.2) is 9.97 Å². The van der Waals surface area contributed by atoms with Crippen molar-refractivity contribution >= 4 is 33.0 Å². The van der Waals surface area contributed by atoms with E-state index >= 15 is 0 Å². The summed E-state index contributed by atoms with van der Waals surface area (Å²) in [6.07, 6.45) is 1.76. The van der Waals surface area contributed by atoms with E-state index in [0.29, 0.717) is 11.9 Å². The number of halogens is 1. The van der Waals surface area contributed by atoms with Crippen LogP contribution in [-0.4, -0.2) is 14.5 Å². The van der Waals surface area contributed by atoms with E-state index in [1.807, 2.05) is 22.8 Å². The Bertz CT molecular complexity index is 777. The van der Waals surface area contributed by atoms with Gasteiger partial charge in [0, 0.05) is 10.7 Å².